The first-order chi connectivity index (χ1) is 3.91. The molecule has 0 aromatic heterocycles. The van der Waals surface area contributed by atoms with Gasteiger partial charge in [-0.3, -0.25) is 0 Å². The lowest BCUT2D eigenvalue weighted by Crippen LogP contribution is -1.66. The van der Waals surface area contributed by atoms with Crippen LogP contribution in [0.1, 0.15) is 60.8 Å². The van der Waals surface area contributed by atoms with Crippen molar-refractivity contribution in [1.82, 2.24) is 0 Å². The summed E-state index contributed by atoms with van der Waals surface area (Å²) in [6.45, 7) is 8.46. The lowest BCUT2D eigenvalue weighted by molar-refractivity contribution is 0.702. The average Bonchev–Trinajstić information content (AvgIpc) is 1.88. The molecule has 0 atom stereocenters. The highest BCUT2D eigenvalue weighted by Gasteiger charge is 1.75. The highest BCUT2D eigenvalue weighted by Crippen LogP contribution is 1.95. The summed E-state index contributed by atoms with van der Waals surface area (Å²) in [5.41, 5.74) is 0. The van der Waals surface area contributed by atoms with Crippen molar-refractivity contribution in [2.24, 2.45) is 0 Å². The largest absolute Gasteiger partial charge is 0.0776 e. The number of hydrogen-bond acceptors (Lipinski definition) is 0. The highest BCUT2D eigenvalue weighted by atomic mass is 13.8. The van der Waals surface area contributed by atoms with Gasteiger partial charge in [-0.1, -0.05) is 60.8 Å². The van der Waals surface area contributed by atoms with Gasteiger partial charge in [0.05, 0.1) is 0 Å². The van der Waals surface area contributed by atoms with Gasteiger partial charge in [-0.15, -0.1) is 0 Å². The van der Waals surface area contributed by atoms with E-state index in [1.807, 2.05) is 13.8 Å². The van der Waals surface area contributed by atoms with Gasteiger partial charge in [0, 0.05) is 0 Å². The third-order valence-corrected chi connectivity index (χ3v) is 0.957. The molecule has 0 amide bonds. The molecule has 0 aromatic carbocycles. The van der Waals surface area contributed by atoms with Crippen LogP contribution >= 0.6 is 0 Å². The van der Waals surface area contributed by atoms with E-state index in [0.29, 0.717) is 0 Å². The third-order valence-electron chi connectivity index (χ3n) is 0.957. The van der Waals surface area contributed by atoms with Gasteiger partial charge in [-0.05, 0) is 0 Å². The molecule has 9 heavy (non-hydrogen) atoms. The zero-order valence-electron chi connectivity index (χ0n) is 6.83. The van der Waals surface area contributed by atoms with Gasteiger partial charge in [0.25, 0.3) is 0 Å². The zero-order valence-corrected chi connectivity index (χ0v) is 6.83. The zero-order chi connectivity index (χ0) is 6.83. The van der Waals surface area contributed by atoms with Crippen LogP contribution in [0.3, 0.4) is 0 Å². The summed E-state index contributed by atoms with van der Waals surface area (Å²) in [6, 6.07) is 0. The summed E-state index contributed by atoms with van der Waals surface area (Å²) in [6.07, 6.45) is 5.54. The molecule has 0 aromatic rings. The molecule has 0 heterocycles. The summed E-state index contributed by atoms with van der Waals surface area (Å²) in [5, 5.41) is 0. The van der Waals surface area contributed by atoms with Crippen LogP contribution in [0.2, 0.25) is 0 Å². The van der Waals surface area contributed by atoms with Crippen LogP contribution in [0.25, 0.3) is 0 Å². The molecule has 0 bridgehead atoms. The van der Waals surface area contributed by atoms with Gasteiger partial charge < -0.3 is 0 Å². The van der Waals surface area contributed by atoms with E-state index in [0.717, 1.165) is 0 Å². The standard InChI is InChI=1S/C6H14.C2H6.CH4/c1-3-5-6-4-2;1-2;/h3-6H2,1-2H3;1-2H3;1H4. The first kappa shape index (κ1) is 16.0. The van der Waals surface area contributed by atoms with Crippen LogP contribution in [-0.4, -0.2) is 0 Å². The molecule has 0 saturated heterocycles. The maximum atomic E-state index is 2.23. The predicted molar refractivity (Wildman–Crippen MR) is 47.9 cm³/mol. The molecule has 0 nitrogen and oxygen atoms in total. The summed E-state index contributed by atoms with van der Waals surface area (Å²) in [5.74, 6) is 0. The van der Waals surface area contributed by atoms with E-state index in [1.165, 1.54) is 25.7 Å². The Bertz CT molecular complexity index is 12.0. The Morgan fingerprint density at radius 3 is 1.11 bits per heavy atom. The van der Waals surface area contributed by atoms with Gasteiger partial charge in [0.15, 0.2) is 0 Å². The van der Waals surface area contributed by atoms with Crippen LogP contribution in [0.4, 0.5) is 0 Å². The molecule has 0 aliphatic carbocycles. The molecule has 0 radical (unpaired) electrons. The lowest BCUT2D eigenvalue weighted by atomic mass is 10.2. The van der Waals surface area contributed by atoms with Crippen molar-refractivity contribution in [3.05, 3.63) is 0 Å². The van der Waals surface area contributed by atoms with E-state index in [-0.39, 0.29) is 7.43 Å². The van der Waals surface area contributed by atoms with Crippen molar-refractivity contribution in [1.29, 1.82) is 0 Å². The van der Waals surface area contributed by atoms with Crippen molar-refractivity contribution < 1.29 is 0 Å². The molecule has 0 rings (SSSR count). The normalized spacial score (nSPS) is 6.67. The van der Waals surface area contributed by atoms with Crippen LogP contribution in [0, 0.1) is 0 Å². The molecular weight excluding hydrogens is 108 g/mol. The quantitative estimate of drug-likeness (QED) is 0.504. The smallest absolute Gasteiger partial charge is 0.0536 e. The van der Waals surface area contributed by atoms with Crippen molar-refractivity contribution in [3.8, 4) is 0 Å². The van der Waals surface area contributed by atoms with Crippen LogP contribution in [-0.2, 0) is 0 Å². The van der Waals surface area contributed by atoms with Gasteiger partial charge in [-0.2, -0.15) is 0 Å². The summed E-state index contributed by atoms with van der Waals surface area (Å²) in [7, 11) is 0. The molecule has 0 aliphatic rings. The van der Waals surface area contributed by atoms with E-state index in [4.69, 9.17) is 0 Å². The van der Waals surface area contributed by atoms with Gasteiger partial charge in [0.2, 0.25) is 0 Å². The number of rotatable bonds is 3. The van der Waals surface area contributed by atoms with Crippen LogP contribution in [0.15, 0.2) is 0 Å². The molecule has 0 N–H and O–H groups in total. The predicted octanol–water partition coefficient (Wildman–Crippen LogP) is 4.25. The number of unbranched alkanes of at least 4 members (excludes halogenated alkanes) is 3. The SMILES string of the molecule is C.CC.CCCCCC. The van der Waals surface area contributed by atoms with Gasteiger partial charge in [0.1, 0.15) is 0 Å². The molecule has 0 saturated carbocycles. The van der Waals surface area contributed by atoms with Crippen molar-refractivity contribution >= 4 is 0 Å². The summed E-state index contributed by atoms with van der Waals surface area (Å²) in [4.78, 5) is 0. The Morgan fingerprint density at radius 2 is 1.00 bits per heavy atom. The Kier molecular flexibility index (Phi) is 43.6. The molecule has 0 heteroatoms. The van der Waals surface area contributed by atoms with Crippen molar-refractivity contribution in [2.75, 3.05) is 0 Å². The molecule has 0 aliphatic heterocycles. The second-order valence-electron chi connectivity index (χ2n) is 1.71. The summed E-state index contributed by atoms with van der Waals surface area (Å²) >= 11 is 0. The molecular formula is C9H24. The third kappa shape index (κ3) is 32.0. The fraction of sp³-hybridized carbons (Fsp3) is 1.00. The topological polar surface area (TPSA) is 0 Å². The van der Waals surface area contributed by atoms with Crippen LogP contribution < -0.4 is 0 Å². The fourth-order valence-corrected chi connectivity index (χ4v) is 0.500. The second-order valence-corrected chi connectivity index (χ2v) is 1.71. The minimum absolute atomic E-state index is 0. The van der Waals surface area contributed by atoms with Crippen molar-refractivity contribution in [2.45, 2.75) is 60.8 Å². The first-order valence-corrected chi connectivity index (χ1v) is 3.91. The Labute approximate surface area is 61.7 Å². The van der Waals surface area contributed by atoms with E-state index in [1.54, 1.807) is 0 Å². The van der Waals surface area contributed by atoms with E-state index in [9.17, 15) is 0 Å². The van der Waals surface area contributed by atoms with E-state index >= 15 is 0 Å². The van der Waals surface area contributed by atoms with Crippen LogP contribution in [0.5, 0.6) is 0 Å². The average molecular weight is 132 g/mol. The maximum Gasteiger partial charge on any atom is -0.0536 e. The Morgan fingerprint density at radius 1 is 0.778 bits per heavy atom. The molecule has 0 fully saturated rings. The molecule has 60 valence electrons. The minimum Gasteiger partial charge on any atom is -0.0776 e. The van der Waals surface area contributed by atoms with E-state index < -0.39 is 0 Å². The Hall–Kier alpha value is 0. The molecule has 0 spiro atoms. The maximum absolute atomic E-state index is 2.23. The monoisotopic (exact) mass is 132 g/mol. The van der Waals surface area contributed by atoms with Gasteiger partial charge in [-0.25, -0.2) is 0 Å². The van der Waals surface area contributed by atoms with Gasteiger partial charge >= 0.3 is 0 Å². The first-order valence-electron chi connectivity index (χ1n) is 3.91. The fourth-order valence-electron chi connectivity index (χ4n) is 0.500. The minimum atomic E-state index is 0. The number of hydrogen-bond donors (Lipinski definition) is 0. The van der Waals surface area contributed by atoms with Crippen molar-refractivity contribution in [3.63, 3.8) is 0 Å². The highest BCUT2D eigenvalue weighted by molar-refractivity contribution is 4.31. The summed E-state index contributed by atoms with van der Waals surface area (Å²) < 4.78 is 0. The van der Waals surface area contributed by atoms with E-state index in [2.05, 4.69) is 13.8 Å². The Balaban J connectivity index is -0.000000109. The second kappa shape index (κ2) is 24.5. The molecule has 0 unspecified atom stereocenters. The lowest BCUT2D eigenvalue weighted by Gasteiger charge is -1.86.